The number of nitrogens with zero attached hydrogens (tertiary/aromatic N) is 1. The maximum absolute atomic E-state index is 11.5. The molecule has 0 saturated carbocycles. The van der Waals surface area contributed by atoms with E-state index in [4.69, 9.17) is 4.18 Å². The van der Waals surface area contributed by atoms with E-state index in [0.29, 0.717) is 5.75 Å². The van der Waals surface area contributed by atoms with Crippen molar-refractivity contribution < 1.29 is 12.6 Å². The zero-order valence-electron chi connectivity index (χ0n) is 10.9. The lowest BCUT2D eigenvalue weighted by Gasteiger charge is -2.07. The van der Waals surface area contributed by atoms with Crippen molar-refractivity contribution in [2.75, 3.05) is 5.75 Å². The molecule has 0 aliphatic rings. The maximum atomic E-state index is 11.5. The van der Waals surface area contributed by atoms with Crippen LogP contribution in [0.1, 0.15) is 6.92 Å². The molecule has 0 aliphatic carbocycles. The molecule has 0 radical (unpaired) electrons. The monoisotopic (exact) mass is 287 g/mol. The zero-order valence-corrected chi connectivity index (χ0v) is 11.7. The van der Waals surface area contributed by atoms with Crippen LogP contribution in [-0.2, 0) is 10.1 Å². The highest BCUT2D eigenvalue weighted by molar-refractivity contribution is 7.87. The van der Waals surface area contributed by atoms with Gasteiger partial charge in [0, 0.05) is 17.0 Å². The molecule has 0 bridgehead atoms. The lowest BCUT2D eigenvalue weighted by Crippen LogP contribution is -2.11. The predicted octanol–water partition coefficient (Wildman–Crippen LogP) is 3.12. The van der Waals surface area contributed by atoms with Crippen LogP contribution in [-0.4, -0.2) is 19.2 Å². The van der Waals surface area contributed by atoms with Crippen molar-refractivity contribution in [2.24, 2.45) is 0 Å². The van der Waals surface area contributed by atoms with E-state index in [1.807, 2.05) is 24.3 Å². The Balaban J connectivity index is 2.21. The Bertz CT molecular complexity index is 888. The lowest BCUT2D eigenvalue weighted by molar-refractivity contribution is 0.488. The van der Waals surface area contributed by atoms with Gasteiger partial charge in [0.2, 0.25) is 0 Å². The minimum absolute atomic E-state index is 0.0567. The number of aromatic nitrogens is 1. The lowest BCUT2D eigenvalue weighted by atomic mass is 10.1. The summed E-state index contributed by atoms with van der Waals surface area (Å²) in [6.45, 7) is 1.55. The summed E-state index contributed by atoms with van der Waals surface area (Å²) in [5.74, 6) is 0.260. The summed E-state index contributed by atoms with van der Waals surface area (Å²) < 4.78 is 28.1. The fourth-order valence-electron chi connectivity index (χ4n) is 2.09. The summed E-state index contributed by atoms with van der Waals surface area (Å²) in [5, 5.41) is 2.92. The molecule has 0 saturated heterocycles. The summed E-state index contributed by atoms with van der Waals surface area (Å²) >= 11 is 0. The maximum Gasteiger partial charge on any atom is 0.308 e. The second-order valence-electron chi connectivity index (χ2n) is 4.45. The van der Waals surface area contributed by atoms with E-state index in [-0.39, 0.29) is 5.75 Å². The minimum Gasteiger partial charge on any atom is -0.382 e. The molecule has 0 N–H and O–H groups in total. The second-order valence-corrected chi connectivity index (χ2v) is 6.31. The first-order valence-corrected chi connectivity index (χ1v) is 7.86. The Morgan fingerprint density at radius 2 is 1.90 bits per heavy atom. The van der Waals surface area contributed by atoms with Gasteiger partial charge in [0.15, 0.2) is 0 Å². The van der Waals surface area contributed by atoms with Crippen molar-refractivity contribution in [3.8, 4) is 5.75 Å². The number of rotatable bonds is 3. The highest BCUT2D eigenvalue weighted by Crippen LogP contribution is 2.27. The summed E-state index contributed by atoms with van der Waals surface area (Å²) in [7, 11) is -3.51. The van der Waals surface area contributed by atoms with Gasteiger partial charge < -0.3 is 4.18 Å². The van der Waals surface area contributed by atoms with E-state index in [1.54, 1.807) is 31.3 Å². The molecule has 5 heteroatoms. The van der Waals surface area contributed by atoms with Gasteiger partial charge in [0.05, 0.1) is 11.3 Å². The molecule has 4 nitrogen and oxygen atoms in total. The molecule has 1 aromatic heterocycles. The van der Waals surface area contributed by atoms with Crippen LogP contribution in [0.15, 0.2) is 48.7 Å². The molecule has 2 aromatic carbocycles. The van der Waals surface area contributed by atoms with Crippen LogP contribution in [0.3, 0.4) is 0 Å². The molecule has 0 aliphatic heterocycles. The summed E-state index contributed by atoms with van der Waals surface area (Å²) in [6.07, 6.45) is 1.81. The fraction of sp³-hybridized carbons (Fsp3) is 0.133. The van der Waals surface area contributed by atoms with Gasteiger partial charge >= 0.3 is 10.1 Å². The molecule has 0 atom stereocenters. The van der Waals surface area contributed by atoms with E-state index in [9.17, 15) is 8.42 Å². The molecule has 102 valence electrons. The van der Waals surface area contributed by atoms with E-state index < -0.39 is 10.1 Å². The molecular formula is C15H13NO3S. The van der Waals surface area contributed by atoms with Crippen molar-refractivity contribution in [1.29, 1.82) is 0 Å². The average Bonchev–Trinajstić information content (AvgIpc) is 2.47. The van der Waals surface area contributed by atoms with Gasteiger partial charge in [-0.3, -0.25) is 4.98 Å². The van der Waals surface area contributed by atoms with E-state index in [1.165, 1.54) is 0 Å². The van der Waals surface area contributed by atoms with Gasteiger partial charge in [-0.1, -0.05) is 24.3 Å². The Morgan fingerprint density at radius 3 is 2.70 bits per heavy atom. The van der Waals surface area contributed by atoms with Crippen molar-refractivity contribution in [1.82, 2.24) is 4.98 Å². The van der Waals surface area contributed by atoms with Crippen LogP contribution >= 0.6 is 0 Å². The standard InChI is InChI=1S/C15H13NO3S/c1-2-20(17,18)19-12-7-8-15-14(9-12)13-6-4-3-5-11(13)10-16-15/h3-10H,2H2,1H3. The summed E-state index contributed by atoms with van der Waals surface area (Å²) in [4.78, 5) is 4.36. The minimum atomic E-state index is -3.51. The van der Waals surface area contributed by atoms with E-state index in [2.05, 4.69) is 4.98 Å². The molecule has 3 aromatic rings. The molecule has 1 heterocycles. The van der Waals surface area contributed by atoms with Gasteiger partial charge in [0.25, 0.3) is 0 Å². The number of fused-ring (bicyclic) bond motifs is 3. The molecule has 0 amide bonds. The second kappa shape index (κ2) is 4.76. The smallest absolute Gasteiger partial charge is 0.308 e. The molecule has 0 unspecified atom stereocenters. The van der Waals surface area contributed by atoms with Crippen LogP contribution in [0, 0.1) is 0 Å². The predicted molar refractivity (Wildman–Crippen MR) is 79.3 cm³/mol. The largest absolute Gasteiger partial charge is 0.382 e. The van der Waals surface area contributed by atoms with Gasteiger partial charge in [-0.2, -0.15) is 8.42 Å². The third kappa shape index (κ3) is 2.32. The third-order valence-electron chi connectivity index (χ3n) is 3.14. The van der Waals surface area contributed by atoms with Gasteiger partial charge in [0.1, 0.15) is 5.75 Å². The first-order chi connectivity index (χ1) is 9.59. The Morgan fingerprint density at radius 1 is 1.10 bits per heavy atom. The molecule has 0 spiro atoms. The number of benzene rings is 2. The van der Waals surface area contributed by atoms with E-state index >= 15 is 0 Å². The first-order valence-electron chi connectivity index (χ1n) is 6.29. The van der Waals surface area contributed by atoms with Crippen LogP contribution < -0.4 is 4.18 Å². The summed E-state index contributed by atoms with van der Waals surface area (Å²) in [6, 6.07) is 12.9. The molecule has 3 rings (SSSR count). The van der Waals surface area contributed by atoms with Crippen molar-refractivity contribution in [3.63, 3.8) is 0 Å². The Hall–Kier alpha value is -2.14. The highest BCUT2D eigenvalue weighted by atomic mass is 32.2. The normalized spacial score (nSPS) is 11.8. The van der Waals surface area contributed by atoms with Gasteiger partial charge in [-0.25, -0.2) is 0 Å². The molecule has 0 fully saturated rings. The van der Waals surface area contributed by atoms with Crippen molar-refractivity contribution in [2.45, 2.75) is 6.92 Å². The van der Waals surface area contributed by atoms with Crippen LogP contribution in [0.4, 0.5) is 0 Å². The van der Waals surface area contributed by atoms with Crippen LogP contribution in [0.25, 0.3) is 21.7 Å². The van der Waals surface area contributed by atoms with Crippen molar-refractivity contribution >= 4 is 31.8 Å². The third-order valence-corrected chi connectivity index (χ3v) is 4.29. The summed E-state index contributed by atoms with van der Waals surface area (Å²) in [5.41, 5.74) is 0.810. The average molecular weight is 287 g/mol. The van der Waals surface area contributed by atoms with Crippen LogP contribution in [0.2, 0.25) is 0 Å². The number of hydrogen-bond acceptors (Lipinski definition) is 4. The Kier molecular flexibility index (Phi) is 3.06. The zero-order chi connectivity index (χ0) is 14.2. The number of hydrogen-bond donors (Lipinski definition) is 0. The fourth-order valence-corrected chi connectivity index (χ4v) is 2.61. The van der Waals surface area contributed by atoms with Crippen molar-refractivity contribution in [3.05, 3.63) is 48.7 Å². The quantitative estimate of drug-likeness (QED) is 0.548. The SMILES string of the molecule is CCS(=O)(=O)Oc1ccc2ncc3ccccc3c2c1. The number of pyridine rings is 1. The molecule has 20 heavy (non-hydrogen) atoms. The first kappa shape index (κ1) is 12.9. The van der Waals surface area contributed by atoms with Gasteiger partial charge in [-0.15, -0.1) is 0 Å². The van der Waals surface area contributed by atoms with E-state index in [0.717, 1.165) is 21.7 Å². The van der Waals surface area contributed by atoms with Crippen LogP contribution in [0.5, 0.6) is 5.75 Å². The topological polar surface area (TPSA) is 56.3 Å². The highest BCUT2D eigenvalue weighted by Gasteiger charge is 2.10. The Labute approximate surface area is 117 Å². The molecular weight excluding hydrogens is 274 g/mol. The van der Waals surface area contributed by atoms with Gasteiger partial charge in [-0.05, 0) is 30.5 Å².